The van der Waals surface area contributed by atoms with Crippen molar-refractivity contribution < 1.29 is 4.74 Å². The number of fused-ring (bicyclic) bond motifs is 1. The van der Waals surface area contributed by atoms with Gasteiger partial charge in [0.1, 0.15) is 16.7 Å². The molecule has 2 aromatic heterocycles. The highest BCUT2D eigenvalue weighted by atomic mass is 35.5. The van der Waals surface area contributed by atoms with Crippen molar-refractivity contribution in [1.29, 1.82) is 0 Å². The van der Waals surface area contributed by atoms with Gasteiger partial charge in [-0.05, 0) is 26.3 Å². The zero-order valence-corrected chi connectivity index (χ0v) is 11.8. The fourth-order valence-corrected chi connectivity index (χ4v) is 2.56. The summed E-state index contributed by atoms with van der Waals surface area (Å²) in [5, 5.41) is 2.45. The van der Waals surface area contributed by atoms with E-state index in [9.17, 15) is 0 Å². The van der Waals surface area contributed by atoms with Crippen LogP contribution < -0.4 is 9.64 Å². The van der Waals surface area contributed by atoms with Crippen LogP contribution in [0.15, 0.2) is 18.5 Å². The van der Waals surface area contributed by atoms with Crippen LogP contribution in [-0.2, 0) is 0 Å². The topological polar surface area (TPSA) is 38.2 Å². The highest BCUT2D eigenvalue weighted by Gasteiger charge is 2.27. The smallest absolute Gasteiger partial charge is 0.145 e. The molecule has 1 fully saturated rings. The van der Waals surface area contributed by atoms with Crippen molar-refractivity contribution in [2.45, 2.75) is 26.3 Å². The number of rotatable bonds is 3. The highest BCUT2D eigenvalue weighted by Crippen LogP contribution is 2.35. The SMILES string of the molecule is CCOc1cnc(N2CCC2C)c2cnc(Cl)cc12. The summed E-state index contributed by atoms with van der Waals surface area (Å²) < 4.78 is 5.62. The van der Waals surface area contributed by atoms with E-state index in [1.165, 1.54) is 6.42 Å². The fourth-order valence-electron chi connectivity index (χ4n) is 2.40. The van der Waals surface area contributed by atoms with Crippen molar-refractivity contribution in [2.24, 2.45) is 0 Å². The molecule has 0 saturated carbocycles. The van der Waals surface area contributed by atoms with Crippen molar-refractivity contribution in [2.75, 3.05) is 18.1 Å². The van der Waals surface area contributed by atoms with Gasteiger partial charge in [-0.3, -0.25) is 0 Å². The lowest BCUT2D eigenvalue weighted by Gasteiger charge is -2.40. The largest absolute Gasteiger partial charge is 0.492 e. The van der Waals surface area contributed by atoms with Gasteiger partial charge in [-0.1, -0.05) is 11.6 Å². The monoisotopic (exact) mass is 277 g/mol. The molecule has 1 atom stereocenters. The van der Waals surface area contributed by atoms with Gasteiger partial charge < -0.3 is 9.64 Å². The minimum absolute atomic E-state index is 0.474. The number of hydrogen-bond donors (Lipinski definition) is 0. The summed E-state index contributed by atoms with van der Waals surface area (Å²) in [7, 11) is 0. The zero-order chi connectivity index (χ0) is 13.4. The van der Waals surface area contributed by atoms with Crippen LogP contribution in [0.5, 0.6) is 5.75 Å². The molecule has 0 spiro atoms. The van der Waals surface area contributed by atoms with Crippen LogP contribution in [0.1, 0.15) is 20.3 Å². The van der Waals surface area contributed by atoms with Gasteiger partial charge in [-0.25, -0.2) is 9.97 Å². The maximum atomic E-state index is 6.00. The fraction of sp³-hybridized carbons (Fsp3) is 0.429. The predicted molar refractivity (Wildman–Crippen MR) is 77.1 cm³/mol. The molecule has 1 aliphatic heterocycles. The molecule has 0 bridgehead atoms. The predicted octanol–water partition coefficient (Wildman–Crippen LogP) is 3.28. The van der Waals surface area contributed by atoms with E-state index in [1.54, 1.807) is 12.4 Å². The van der Waals surface area contributed by atoms with Crippen LogP contribution in [0.3, 0.4) is 0 Å². The maximum absolute atomic E-state index is 6.00. The molecule has 2 aromatic rings. The second-order valence-electron chi connectivity index (χ2n) is 4.76. The summed E-state index contributed by atoms with van der Waals surface area (Å²) in [6.07, 6.45) is 4.77. The summed E-state index contributed by atoms with van der Waals surface area (Å²) in [5.74, 6) is 1.74. The van der Waals surface area contributed by atoms with Crippen molar-refractivity contribution in [3.8, 4) is 5.75 Å². The Labute approximate surface area is 117 Å². The minimum Gasteiger partial charge on any atom is -0.492 e. The number of hydrogen-bond acceptors (Lipinski definition) is 4. The first-order valence-corrected chi connectivity index (χ1v) is 6.92. The van der Waals surface area contributed by atoms with E-state index in [-0.39, 0.29) is 0 Å². The molecule has 3 rings (SSSR count). The van der Waals surface area contributed by atoms with E-state index >= 15 is 0 Å². The van der Waals surface area contributed by atoms with Gasteiger partial charge in [0.15, 0.2) is 0 Å². The van der Waals surface area contributed by atoms with Gasteiger partial charge in [0, 0.05) is 29.6 Å². The highest BCUT2D eigenvalue weighted by molar-refractivity contribution is 6.30. The first kappa shape index (κ1) is 12.5. The Balaban J connectivity index is 2.17. The van der Waals surface area contributed by atoms with Crippen molar-refractivity contribution in [1.82, 2.24) is 9.97 Å². The normalized spacial score (nSPS) is 18.5. The Morgan fingerprint density at radius 2 is 2.21 bits per heavy atom. The first-order chi connectivity index (χ1) is 9.20. The van der Waals surface area contributed by atoms with Crippen molar-refractivity contribution in [3.05, 3.63) is 23.6 Å². The molecule has 1 saturated heterocycles. The Kier molecular flexibility index (Phi) is 3.19. The van der Waals surface area contributed by atoms with Crippen LogP contribution in [0.2, 0.25) is 5.15 Å². The molecule has 1 aliphatic rings. The van der Waals surface area contributed by atoms with E-state index in [0.717, 1.165) is 28.9 Å². The molecule has 3 heterocycles. The third-order valence-electron chi connectivity index (χ3n) is 3.57. The van der Waals surface area contributed by atoms with Crippen LogP contribution >= 0.6 is 11.6 Å². The number of ether oxygens (including phenoxy) is 1. The summed E-state index contributed by atoms with van der Waals surface area (Å²) in [5.41, 5.74) is 0. The molecule has 4 nitrogen and oxygen atoms in total. The Hall–Kier alpha value is -1.55. The van der Waals surface area contributed by atoms with Crippen molar-refractivity contribution in [3.63, 3.8) is 0 Å². The Morgan fingerprint density at radius 3 is 2.84 bits per heavy atom. The maximum Gasteiger partial charge on any atom is 0.145 e. The molecule has 0 amide bonds. The average molecular weight is 278 g/mol. The molecule has 5 heteroatoms. The number of halogens is 1. The van der Waals surface area contributed by atoms with Gasteiger partial charge in [-0.2, -0.15) is 0 Å². The van der Waals surface area contributed by atoms with Gasteiger partial charge in [0.2, 0.25) is 0 Å². The van der Waals surface area contributed by atoms with E-state index in [2.05, 4.69) is 21.8 Å². The molecule has 1 unspecified atom stereocenters. The number of pyridine rings is 2. The Bertz CT molecular complexity index is 617. The van der Waals surface area contributed by atoms with Gasteiger partial charge in [0.25, 0.3) is 0 Å². The van der Waals surface area contributed by atoms with Crippen LogP contribution in [0, 0.1) is 0 Å². The van der Waals surface area contributed by atoms with E-state index in [0.29, 0.717) is 17.8 Å². The quantitative estimate of drug-likeness (QED) is 0.807. The van der Waals surface area contributed by atoms with Gasteiger partial charge in [0.05, 0.1) is 12.8 Å². The minimum atomic E-state index is 0.474. The van der Waals surface area contributed by atoms with Crippen LogP contribution in [0.4, 0.5) is 5.82 Å². The number of aromatic nitrogens is 2. The first-order valence-electron chi connectivity index (χ1n) is 6.54. The molecular weight excluding hydrogens is 262 g/mol. The lowest BCUT2D eigenvalue weighted by Crippen LogP contribution is -2.46. The summed E-state index contributed by atoms with van der Waals surface area (Å²) in [4.78, 5) is 11.0. The second kappa shape index (κ2) is 4.85. The van der Waals surface area contributed by atoms with E-state index < -0.39 is 0 Å². The molecule has 0 radical (unpaired) electrons. The molecule has 19 heavy (non-hydrogen) atoms. The second-order valence-corrected chi connectivity index (χ2v) is 5.15. The lowest BCUT2D eigenvalue weighted by atomic mass is 10.0. The van der Waals surface area contributed by atoms with Crippen LogP contribution in [0.25, 0.3) is 10.8 Å². The molecular formula is C14H16ClN3O. The third kappa shape index (κ3) is 2.10. The summed E-state index contributed by atoms with van der Waals surface area (Å²) in [6, 6.07) is 2.38. The molecule has 100 valence electrons. The van der Waals surface area contributed by atoms with E-state index in [1.807, 2.05) is 13.0 Å². The van der Waals surface area contributed by atoms with Crippen molar-refractivity contribution >= 4 is 28.2 Å². The summed E-state index contributed by atoms with van der Waals surface area (Å²) >= 11 is 6.00. The zero-order valence-electron chi connectivity index (χ0n) is 11.1. The van der Waals surface area contributed by atoms with Crippen LogP contribution in [-0.4, -0.2) is 29.2 Å². The summed E-state index contributed by atoms with van der Waals surface area (Å²) in [6.45, 7) is 5.81. The van der Waals surface area contributed by atoms with Gasteiger partial charge in [-0.15, -0.1) is 0 Å². The molecule has 0 N–H and O–H groups in total. The average Bonchev–Trinajstić information content (AvgIpc) is 2.39. The standard InChI is InChI=1S/C14H16ClN3O/c1-3-19-12-8-17-14(18-5-4-9(18)2)11-7-16-13(15)6-10(11)12/h6-9H,3-5H2,1-2H3. The Morgan fingerprint density at radius 1 is 1.37 bits per heavy atom. The number of nitrogens with zero attached hydrogens (tertiary/aromatic N) is 3. The van der Waals surface area contributed by atoms with E-state index in [4.69, 9.17) is 16.3 Å². The number of anilines is 1. The third-order valence-corrected chi connectivity index (χ3v) is 3.78. The molecule has 0 aliphatic carbocycles. The van der Waals surface area contributed by atoms with Gasteiger partial charge >= 0.3 is 0 Å². The molecule has 0 aromatic carbocycles. The lowest BCUT2D eigenvalue weighted by molar-refractivity contribution is 0.343.